The Hall–Kier alpha value is -2.99. The second-order valence-electron chi connectivity index (χ2n) is 5.46. The summed E-state index contributed by atoms with van der Waals surface area (Å²) in [4.78, 5) is 36.5. The number of ether oxygens (including phenoxy) is 1. The van der Waals surface area contributed by atoms with E-state index in [1.807, 2.05) is 0 Å². The molecule has 0 radical (unpaired) electrons. The zero-order valence-electron chi connectivity index (χ0n) is 13.4. The molecule has 2 aromatic carbocycles. The molecule has 7 heteroatoms. The highest BCUT2D eigenvalue weighted by atomic mass is 35.5. The number of hydrogen-bond acceptors (Lipinski definition) is 5. The van der Waals surface area contributed by atoms with Gasteiger partial charge in [-0.2, -0.15) is 0 Å². The molecule has 0 spiro atoms. The summed E-state index contributed by atoms with van der Waals surface area (Å²) in [7, 11) is 0. The highest BCUT2D eigenvalue weighted by Gasteiger charge is 2.30. The van der Waals surface area contributed by atoms with Crippen LogP contribution < -0.4 is 5.32 Å². The number of fused-ring (bicyclic) bond motifs is 1. The van der Waals surface area contributed by atoms with Crippen LogP contribution in [0.3, 0.4) is 0 Å². The average Bonchev–Trinajstić information content (AvgIpc) is 2.66. The molecule has 5 nitrogen and oxygen atoms in total. The first-order chi connectivity index (χ1) is 12.5. The smallest absolute Gasteiger partial charge is 0.338 e. The fourth-order valence-electron chi connectivity index (χ4n) is 2.49. The Morgan fingerprint density at radius 2 is 1.62 bits per heavy atom. The second kappa shape index (κ2) is 7.49. The van der Waals surface area contributed by atoms with Gasteiger partial charge < -0.3 is 10.1 Å². The van der Waals surface area contributed by atoms with Crippen LogP contribution in [-0.4, -0.2) is 30.7 Å². The molecule has 0 saturated heterocycles. The average molecular weight is 374 g/mol. The number of nitrogens with one attached hydrogen (secondary N) is 1. The Balaban J connectivity index is 1.60. The Kier molecular flexibility index (Phi) is 5.14. The van der Waals surface area contributed by atoms with Crippen LogP contribution in [0.1, 0.15) is 31.1 Å². The number of benzene rings is 2. The summed E-state index contributed by atoms with van der Waals surface area (Å²) in [6, 6.07) is 11.3. The lowest BCUT2D eigenvalue weighted by atomic mass is 9.92. The molecule has 1 N–H and O–H groups in total. The van der Waals surface area contributed by atoms with E-state index in [-0.39, 0.29) is 40.6 Å². The molecule has 26 heavy (non-hydrogen) atoms. The lowest BCUT2D eigenvalue weighted by molar-refractivity contribution is 0.0510. The Labute approximate surface area is 153 Å². The van der Waals surface area contributed by atoms with Crippen molar-refractivity contribution in [3.8, 4) is 0 Å². The molecule has 0 fully saturated rings. The van der Waals surface area contributed by atoms with Crippen molar-refractivity contribution >= 4 is 29.1 Å². The van der Waals surface area contributed by atoms with Gasteiger partial charge in [0.2, 0.25) is 11.6 Å². The first-order valence-corrected chi connectivity index (χ1v) is 8.11. The van der Waals surface area contributed by atoms with Crippen molar-refractivity contribution in [2.45, 2.75) is 0 Å². The summed E-state index contributed by atoms with van der Waals surface area (Å²) < 4.78 is 17.9. The first kappa shape index (κ1) is 17.8. The molecule has 1 aliphatic rings. The molecule has 2 aromatic rings. The summed E-state index contributed by atoms with van der Waals surface area (Å²) >= 11 is 6.01. The number of rotatable bonds is 5. The lowest BCUT2D eigenvalue weighted by Gasteiger charge is -2.18. The van der Waals surface area contributed by atoms with Crippen LogP contribution in [0, 0.1) is 5.82 Å². The zero-order valence-corrected chi connectivity index (χ0v) is 14.2. The van der Waals surface area contributed by atoms with E-state index in [0.29, 0.717) is 0 Å². The molecule has 1 aliphatic carbocycles. The van der Waals surface area contributed by atoms with Crippen LogP contribution in [-0.2, 0) is 4.74 Å². The minimum atomic E-state index is -0.622. The molecule has 0 amide bonds. The topological polar surface area (TPSA) is 72.5 Å². The number of Topliss-reactive ketones (excluding diaryl/α,β-unsaturated/α-hetero) is 2. The third kappa shape index (κ3) is 3.50. The maximum atomic E-state index is 12.8. The van der Waals surface area contributed by atoms with Crippen LogP contribution in [0.25, 0.3) is 0 Å². The standard InChI is InChI=1S/C19H13ClFNO4/c20-15-16(18(24)14-4-2-1-3-13(14)17(15)23)22-9-10-26-19(25)11-5-7-12(21)8-6-11/h1-8,22H,9-10H2. The van der Waals surface area contributed by atoms with Crippen LogP contribution in [0.5, 0.6) is 0 Å². The Bertz CT molecular complexity index is 921. The summed E-state index contributed by atoms with van der Waals surface area (Å²) in [5.41, 5.74) is 0.721. The lowest BCUT2D eigenvalue weighted by Crippen LogP contribution is -2.31. The fourth-order valence-corrected chi connectivity index (χ4v) is 2.75. The van der Waals surface area contributed by atoms with E-state index in [2.05, 4.69) is 5.32 Å². The van der Waals surface area contributed by atoms with E-state index in [9.17, 15) is 18.8 Å². The van der Waals surface area contributed by atoms with Gasteiger partial charge in [0.05, 0.1) is 5.56 Å². The summed E-state index contributed by atoms with van der Waals surface area (Å²) in [6.45, 7) is 0.0205. The molecular formula is C19H13ClFNO4. The predicted octanol–water partition coefficient (Wildman–Crippen LogP) is 3.10. The third-order valence-electron chi connectivity index (χ3n) is 3.78. The zero-order chi connectivity index (χ0) is 18.7. The van der Waals surface area contributed by atoms with Gasteiger partial charge >= 0.3 is 5.97 Å². The van der Waals surface area contributed by atoms with Gasteiger partial charge in [0, 0.05) is 17.7 Å². The number of halogens is 2. The van der Waals surface area contributed by atoms with Crippen molar-refractivity contribution in [1.82, 2.24) is 5.32 Å². The summed E-state index contributed by atoms with van der Waals surface area (Å²) in [5.74, 6) is -1.91. The molecule has 0 heterocycles. The van der Waals surface area contributed by atoms with E-state index >= 15 is 0 Å². The molecule has 0 unspecified atom stereocenters. The third-order valence-corrected chi connectivity index (χ3v) is 4.14. The molecule has 0 aliphatic heterocycles. The van der Waals surface area contributed by atoms with Crippen LogP contribution in [0.4, 0.5) is 4.39 Å². The minimum Gasteiger partial charge on any atom is -0.460 e. The van der Waals surface area contributed by atoms with Gasteiger partial charge in [-0.25, -0.2) is 9.18 Å². The molecule has 0 atom stereocenters. The largest absolute Gasteiger partial charge is 0.460 e. The SMILES string of the molecule is O=C(OCCNC1=C(Cl)C(=O)c2ccccc2C1=O)c1ccc(F)cc1. The van der Waals surface area contributed by atoms with E-state index in [0.717, 1.165) is 12.1 Å². The minimum absolute atomic E-state index is 0.0202. The molecule has 0 saturated carbocycles. The summed E-state index contributed by atoms with van der Waals surface area (Å²) in [5, 5.41) is 2.55. The molecule has 0 bridgehead atoms. The van der Waals surface area contributed by atoms with Crippen LogP contribution >= 0.6 is 11.6 Å². The molecular weight excluding hydrogens is 361 g/mol. The van der Waals surface area contributed by atoms with Gasteiger partial charge in [0.25, 0.3) is 0 Å². The molecule has 0 aromatic heterocycles. The monoisotopic (exact) mass is 373 g/mol. The van der Waals surface area contributed by atoms with Gasteiger partial charge in [-0.15, -0.1) is 0 Å². The van der Waals surface area contributed by atoms with Crippen molar-refractivity contribution < 1.29 is 23.5 Å². The first-order valence-electron chi connectivity index (χ1n) is 7.74. The highest BCUT2D eigenvalue weighted by molar-refractivity contribution is 6.49. The van der Waals surface area contributed by atoms with Gasteiger partial charge in [-0.1, -0.05) is 35.9 Å². The predicted molar refractivity (Wildman–Crippen MR) is 92.7 cm³/mol. The van der Waals surface area contributed by atoms with E-state index in [4.69, 9.17) is 16.3 Å². The highest BCUT2D eigenvalue weighted by Crippen LogP contribution is 2.26. The van der Waals surface area contributed by atoms with E-state index in [1.165, 1.54) is 12.1 Å². The van der Waals surface area contributed by atoms with Crippen molar-refractivity contribution in [3.05, 3.63) is 81.8 Å². The van der Waals surface area contributed by atoms with Crippen LogP contribution in [0.2, 0.25) is 0 Å². The Morgan fingerprint density at radius 3 is 2.27 bits per heavy atom. The van der Waals surface area contributed by atoms with Gasteiger partial charge in [-0.05, 0) is 24.3 Å². The maximum absolute atomic E-state index is 12.8. The number of esters is 1. The fraction of sp³-hybridized carbons (Fsp3) is 0.105. The number of carbonyl (C=O) groups is 3. The Morgan fingerprint density at radius 1 is 1.00 bits per heavy atom. The number of hydrogen-bond donors (Lipinski definition) is 1. The van der Waals surface area contributed by atoms with Gasteiger partial charge in [0.15, 0.2) is 0 Å². The van der Waals surface area contributed by atoms with Crippen molar-refractivity contribution in [1.29, 1.82) is 0 Å². The number of ketones is 2. The van der Waals surface area contributed by atoms with Crippen molar-refractivity contribution in [2.75, 3.05) is 13.2 Å². The van der Waals surface area contributed by atoms with Crippen LogP contribution in [0.15, 0.2) is 59.3 Å². The number of allylic oxidation sites excluding steroid dienone is 2. The van der Waals surface area contributed by atoms with E-state index < -0.39 is 23.4 Å². The summed E-state index contributed by atoms with van der Waals surface area (Å²) in [6.07, 6.45) is 0. The molecule has 132 valence electrons. The van der Waals surface area contributed by atoms with Gasteiger partial charge in [-0.3, -0.25) is 9.59 Å². The molecule has 3 rings (SSSR count). The van der Waals surface area contributed by atoms with Crippen molar-refractivity contribution in [3.63, 3.8) is 0 Å². The maximum Gasteiger partial charge on any atom is 0.338 e. The number of carbonyl (C=O) groups excluding carboxylic acids is 3. The van der Waals surface area contributed by atoms with Gasteiger partial charge in [0.1, 0.15) is 23.2 Å². The normalized spacial score (nSPS) is 13.5. The van der Waals surface area contributed by atoms with E-state index in [1.54, 1.807) is 24.3 Å². The van der Waals surface area contributed by atoms with Crippen molar-refractivity contribution in [2.24, 2.45) is 0 Å². The second-order valence-corrected chi connectivity index (χ2v) is 5.84. The quantitative estimate of drug-likeness (QED) is 0.644.